The van der Waals surface area contributed by atoms with Crippen molar-refractivity contribution in [2.24, 2.45) is 0 Å². The molecule has 0 saturated carbocycles. The molecule has 0 unspecified atom stereocenters. The molecule has 5 heteroatoms. The molecule has 0 saturated heterocycles. The van der Waals surface area contributed by atoms with Crippen molar-refractivity contribution >= 4 is 5.91 Å². The zero-order chi connectivity index (χ0) is 17.7. The second-order valence-corrected chi connectivity index (χ2v) is 6.20. The second kappa shape index (κ2) is 7.99. The maximum absolute atomic E-state index is 12.8. The van der Waals surface area contributed by atoms with Gasteiger partial charge in [0.25, 0.3) is 5.91 Å². The molecule has 0 fully saturated rings. The van der Waals surface area contributed by atoms with Crippen LogP contribution in [0.2, 0.25) is 0 Å². The Morgan fingerprint density at radius 2 is 1.92 bits per heavy atom. The maximum atomic E-state index is 12.8. The van der Waals surface area contributed by atoms with E-state index in [1.807, 2.05) is 0 Å². The first kappa shape index (κ1) is 18.0. The number of nitrogens with one attached hydrogen (secondary N) is 1. The van der Waals surface area contributed by atoms with Gasteiger partial charge in [-0.25, -0.2) is 4.39 Å². The van der Waals surface area contributed by atoms with E-state index in [0.29, 0.717) is 18.3 Å². The average molecular weight is 332 g/mol. The molecule has 0 atom stereocenters. The van der Waals surface area contributed by atoms with Crippen LogP contribution >= 0.6 is 0 Å². The number of benzene rings is 1. The highest BCUT2D eigenvalue weighted by atomic mass is 19.1. The summed E-state index contributed by atoms with van der Waals surface area (Å²) in [5.74, 6) is -0.0326. The maximum Gasteiger partial charge on any atom is 0.257 e. The Morgan fingerprint density at radius 1 is 1.25 bits per heavy atom. The predicted molar refractivity (Wildman–Crippen MR) is 92.9 cm³/mol. The molecule has 4 nitrogen and oxygen atoms in total. The van der Waals surface area contributed by atoms with Gasteiger partial charge in [-0.1, -0.05) is 0 Å². The fraction of sp³-hybridized carbons (Fsp3) is 0.421. The number of amides is 1. The average Bonchev–Trinajstić information content (AvgIpc) is 2.81. The predicted octanol–water partition coefficient (Wildman–Crippen LogP) is 3.56. The highest BCUT2D eigenvalue weighted by Gasteiger charge is 2.11. The van der Waals surface area contributed by atoms with E-state index in [1.165, 1.54) is 41.2 Å². The van der Waals surface area contributed by atoms with E-state index in [2.05, 4.69) is 43.6 Å². The zero-order valence-corrected chi connectivity index (χ0v) is 14.7. The van der Waals surface area contributed by atoms with E-state index < -0.39 is 0 Å². The molecular weight excluding hydrogens is 307 g/mol. The van der Waals surface area contributed by atoms with Gasteiger partial charge in [-0.05, 0) is 70.0 Å². The van der Waals surface area contributed by atoms with Crippen LogP contribution in [0.3, 0.4) is 0 Å². The Kier molecular flexibility index (Phi) is 6.01. The zero-order valence-electron chi connectivity index (χ0n) is 14.7. The summed E-state index contributed by atoms with van der Waals surface area (Å²) in [5, 5.41) is 2.85. The van der Waals surface area contributed by atoms with Crippen LogP contribution in [0.4, 0.5) is 4.39 Å². The van der Waals surface area contributed by atoms with Crippen LogP contribution in [-0.2, 0) is 11.2 Å². The van der Waals surface area contributed by atoms with Crippen LogP contribution in [0.1, 0.15) is 36.8 Å². The number of carbonyl (C=O) groups excluding carboxylic acids is 1. The molecule has 1 N–H and O–H groups in total. The van der Waals surface area contributed by atoms with Crippen molar-refractivity contribution < 1.29 is 13.9 Å². The molecule has 1 aromatic carbocycles. The molecule has 1 heterocycles. The summed E-state index contributed by atoms with van der Waals surface area (Å²) in [4.78, 5) is 11.8. The van der Waals surface area contributed by atoms with Gasteiger partial charge in [-0.15, -0.1) is 0 Å². The lowest BCUT2D eigenvalue weighted by Gasteiger charge is -2.14. The van der Waals surface area contributed by atoms with Crippen LogP contribution in [-0.4, -0.2) is 23.6 Å². The standard InChI is InChI=1S/C19H25FN2O2/c1-13(2)22-14(3)11-16(15(22)4)9-10-21-19(23)12-24-18-7-5-17(20)6-8-18/h5-8,11,13H,9-10,12H2,1-4H3,(H,21,23). The third-order valence-corrected chi connectivity index (χ3v) is 4.01. The fourth-order valence-electron chi connectivity index (χ4n) is 2.96. The molecule has 0 radical (unpaired) electrons. The number of ether oxygens (including phenoxy) is 1. The van der Waals surface area contributed by atoms with E-state index in [4.69, 9.17) is 4.74 Å². The van der Waals surface area contributed by atoms with Gasteiger partial charge in [0.05, 0.1) is 0 Å². The van der Waals surface area contributed by atoms with Crippen LogP contribution in [0.5, 0.6) is 5.75 Å². The lowest BCUT2D eigenvalue weighted by atomic mass is 10.2. The first-order valence-corrected chi connectivity index (χ1v) is 8.21. The first-order valence-electron chi connectivity index (χ1n) is 8.21. The molecular formula is C19H25FN2O2. The van der Waals surface area contributed by atoms with E-state index >= 15 is 0 Å². The van der Waals surface area contributed by atoms with Crippen molar-refractivity contribution in [1.82, 2.24) is 9.88 Å². The Bertz CT molecular complexity index is 690. The lowest BCUT2D eigenvalue weighted by molar-refractivity contribution is -0.123. The minimum atomic E-state index is -0.328. The number of rotatable bonds is 7. The molecule has 24 heavy (non-hydrogen) atoms. The summed E-state index contributed by atoms with van der Waals surface area (Å²) in [6, 6.07) is 8.22. The van der Waals surface area contributed by atoms with Gasteiger partial charge in [0.15, 0.2) is 6.61 Å². The number of aryl methyl sites for hydroxylation is 1. The van der Waals surface area contributed by atoms with Crippen molar-refractivity contribution in [3.05, 3.63) is 53.1 Å². The van der Waals surface area contributed by atoms with Crippen molar-refractivity contribution in [2.45, 2.75) is 40.2 Å². The third kappa shape index (κ3) is 4.60. The molecule has 2 aromatic rings. The third-order valence-electron chi connectivity index (χ3n) is 4.01. The molecule has 1 aromatic heterocycles. The summed E-state index contributed by atoms with van der Waals surface area (Å²) in [6.45, 7) is 9.04. The van der Waals surface area contributed by atoms with Gasteiger partial charge in [0, 0.05) is 24.0 Å². The smallest absolute Gasteiger partial charge is 0.257 e. The number of halogens is 1. The van der Waals surface area contributed by atoms with Crippen LogP contribution < -0.4 is 10.1 Å². The minimum absolute atomic E-state index is 0.0728. The van der Waals surface area contributed by atoms with Crippen molar-refractivity contribution in [3.63, 3.8) is 0 Å². The lowest BCUT2D eigenvalue weighted by Crippen LogP contribution is -2.30. The number of aromatic nitrogens is 1. The van der Waals surface area contributed by atoms with E-state index in [9.17, 15) is 9.18 Å². The summed E-state index contributed by atoms with van der Waals surface area (Å²) in [7, 11) is 0. The summed E-state index contributed by atoms with van der Waals surface area (Å²) < 4.78 is 20.4. The van der Waals surface area contributed by atoms with Gasteiger partial charge in [0.2, 0.25) is 0 Å². The Hall–Kier alpha value is -2.30. The summed E-state index contributed by atoms with van der Waals surface area (Å²) >= 11 is 0. The van der Waals surface area contributed by atoms with Crippen LogP contribution in [0.25, 0.3) is 0 Å². The van der Waals surface area contributed by atoms with E-state index in [-0.39, 0.29) is 18.3 Å². The largest absolute Gasteiger partial charge is 0.484 e. The van der Waals surface area contributed by atoms with Crippen molar-refractivity contribution in [1.29, 1.82) is 0 Å². The molecule has 0 aliphatic heterocycles. The minimum Gasteiger partial charge on any atom is -0.484 e. The molecule has 0 spiro atoms. The first-order chi connectivity index (χ1) is 11.4. The van der Waals surface area contributed by atoms with Crippen molar-refractivity contribution in [3.8, 4) is 5.75 Å². The SMILES string of the molecule is Cc1cc(CCNC(=O)COc2ccc(F)cc2)c(C)n1C(C)C. The number of carbonyl (C=O) groups is 1. The summed E-state index contributed by atoms with van der Waals surface area (Å²) in [6.07, 6.45) is 0.786. The molecule has 0 aliphatic rings. The van der Waals surface area contributed by atoms with Crippen LogP contribution in [0, 0.1) is 19.7 Å². The van der Waals surface area contributed by atoms with Gasteiger partial charge in [-0.2, -0.15) is 0 Å². The number of nitrogens with zero attached hydrogens (tertiary/aromatic N) is 1. The highest BCUT2D eigenvalue weighted by Crippen LogP contribution is 2.20. The van der Waals surface area contributed by atoms with Gasteiger partial charge >= 0.3 is 0 Å². The van der Waals surface area contributed by atoms with Gasteiger partial charge < -0.3 is 14.6 Å². The van der Waals surface area contributed by atoms with Crippen molar-refractivity contribution in [2.75, 3.05) is 13.2 Å². The topological polar surface area (TPSA) is 43.3 Å². The Labute approximate surface area is 142 Å². The van der Waals surface area contributed by atoms with Gasteiger partial charge in [0.1, 0.15) is 11.6 Å². The van der Waals surface area contributed by atoms with Crippen LogP contribution in [0.15, 0.2) is 30.3 Å². The highest BCUT2D eigenvalue weighted by molar-refractivity contribution is 5.77. The molecule has 0 bridgehead atoms. The Morgan fingerprint density at radius 3 is 2.50 bits per heavy atom. The van der Waals surface area contributed by atoms with E-state index in [0.717, 1.165) is 6.42 Å². The fourth-order valence-corrected chi connectivity index (χ4v) is 2.96. The number of hydrogen-bond acceptors (Lipinski definition) is 2. The monoisotopic (exact) mass is 332 g/mol. The molecule has 130 valence electrons. The van der Waals surface area contributed by atoms with E-state index in [1.54, 1.807) is 0 Å². The molecule has 2 rings (SSSR count). The molecule has 0 aliphatic carbocycles. The quantitative estimate of drug-likeness (QED) is 0.842. The normalized spacial score (nSPS) is 10.9. The Balaban J connectivity index is 1.78. The second-order valence-electron chi connectivity index (χ2n) is 6.20. The number of hydrogen-bond donors (Lipinski definition) is 1. The molecule has 1 amide bonds. The summed E-state index contributed by atoms with van der Waals surface area (Å²) in [5.41, 5.74) is 3.74. The van der Waals surface area contributed by atoms with Gasteiger partial charge in [-0.3, -0.25) is 4.79 Å².